The zero-order chi connectivity index (χ0) is 10.9. The van der Waals surface area contributed by atoms with Gasteiger partial charge in [0.15, 0.2) is 0 Å². The second kappa shape index (κ2) is 3.86. The van der Waals surface area contributed by atoms with Crippen LogP contribution in [0.3, 0.4) is 0 Å². The van der Waals surface area contributed by atoms with Crippen molar-refractivity contribution in [1.82, 2.24) is 10.2 Å². The molecule has 0 aromatic carbocycles. The summed E-state index contributed by atoms with van der Waals surface area (Å²) >= 11 is 0. The molecule has 0 heterocycles. The zero-order valence-electron chi connectivity index (χ0n) is 8.65. The van der Waals surface area contributed by atoms with Crippen LogP contribution in [0.4, 0.5) is 4.79 Å². The van der Waals surface area contributed by atoms with Crippen molar-refractivity contribution in [2.45, 2.75) is 32.4 Å². The minimum atomic E-state index is -0.994. The molecule has 1 saturated carbocycles. The van der Waals surface area contributed by atoms with Crippen molar-refractivity contribution in [3.63, 3.8) is 0 Å². The lowest BCUT2D eigenvalue weighted by Crippen LogP contribution is -2.46. The maximum Gasteiger partial charge on any atom is 0.326 e. The summed E-state index contributed by atoms with van der Waals surface area (Å²) in [7, 11) is 1.49. The van der Waals surface area contributed by atoms with Crippen molar-refractivity contribution in [3.8, 4) is 0 Å². The summed E-state index contributed by atoms with van der Waals surface area (Å²) in [5.41, 5.74) is 0. The third kappa shape index (κ3) is 2.37. The Morgan fingerprint density at radius 2 is 2.07 bits per heavy atom. The number of amides is 2. The van der Waals surface area contributed by atoms with Crippen LogP contribution in [-0.2, 0) is 4.79 Å². The molecule has 80 valence electrons. The number of hydrogen-bond donors (Lipinski definition) is 2. The highest BCUT2D eigenvalue weighted by atomic mass is 16.4. The summed E-state index contributed by atoms with van der Waals surface area (Å²) in [6.45, 7) is 3.53. The first-order valence-electron chi connectivity index (χ1n) is 4.69. The van der Waals surface area contributed by atoms with E-state index in [1.54, 1.807) is 0 Å². The molecule has 3 unspecified atom stereocenters. The average molecular weight is 200 g/mol. The monoisotopic (exact) mass is 200 g/mol. The molecule has 0 radical (unpaired) electrons. The predicted octanol–water partition coefficient (Wildman–Crippen LogP) is 0.509. The van der Waals surface area contributed by atoms with Gasteiger partial charge in [-0.1, -0.05) is 6.92 Å². The van der Waals surface area contributed by atoms with Crippen LogP contribution >= 0.6 is 0 Å². The molecule has 3 atom stereocenters. The number of aliphatic carboxylic acids is 1. The van der Waals surface area contributed by atoms with Crippen LogP contribution in [0.2, 0.25) is 0 Å². The molecule has 2 N–H and O–H groups in total. The number of hydrogen-bond acceptors (Lipinski definition) is 2. The molecule has 0 saturated heterocycles. The number of carboxylic acids is 1. The molecule has 0 aliphatic heterocycles. The summed E-state index contributed by atoms with van der Waals surface area (Å²) < 4.78 is 0. The molecule has 0 bridgehead atoms. The van der Waals surface area contributed by atoms with E-state index in [0.29, 0.717) is 5.92 Å². The van der Waals surface area contributed by atoms with Gasteiger partial charge in [0.1, 0.15) is 6.04 Å². The predicted molar refractivity (Wildman–Crippen MR) is 51.0 cm³/mol. The summed E-state index contributed by atoms with van der Waals surface area (Å²) in [5.74, 6) is -0.473. The van der Waals surface area contributed by atoms with Gasteiger partial charge >= 0.3 is 12.0 Å². The zero-order valence-corrected chi connectivity index (χ0v) is 8.65. The molecule has 2 amide bonds. The first-order valence-corrected chi connectivity index (χ1v) is 4.69. The molecular formula is C9H16N2O3. The molecule has 1 fully saturated rings. The van der Waals surface area contributed by atoms with E-state index in [1.165, 1.54) is 18.9 Å². The minimum Gasteiger partial charge on any atom is -0.480 e. The molecule has 0 aromatic heterocycles. The Labute approximate surface area is 83.1 Å². The van der Waals surface area contributed by atoms with Crippen molar-refractivity contribution in [3.05, 3.63) is 0 Å². The second-order valence-electron chi connectivity index (χ2n) is 3.89. The fourth-order valence-electron chi connectivity index (χ4n) is 1.13. The molecule has 1 aliphatic carbocycles. The van der Waals surface area contributed by atoms with E-state index in [9.17, 15) is 9.59 Å². The van der Waals surface area contributed by atoms with E-state index >= 15 is 0 Å². The van der Waals surface area contributed by atoms with Crippen LogP contribution < -0.4 is 5.32 Å². The van der Waals surface area contributed by atoms with E-state index in [4.69, 9.17) is 5.11 Å². The molecule has 5 nitrogen and oxygen atoms in total. The molecule has 0 aromatic rings. The van der Waals surface area contributed by atoms with E-state index in [1.807, 2.05) is 6.92 Å². The Morgan fingerprint density at radius 3 is 2.43 bits per heavy atom. The first kappa shape index (κ1) is 10.8. The maximum absolute atomic E-state index is 11.4. The molecular weight excluding hydrogens is 184 g/mol. The van der Waals surface area contributed by atoms with Gasteiger partial charge in [-0.15, -0.1) is 0 Å². The molecule has 5 heteroatoms. The van der Waals surface area contributed by atoms with Gasteiger partial charge < -0.3 is 15.3 Å². The fourth-order valence-corrected chi connectivity index (χ4v) is 1.13. The quantitative estimate of drug-likeness (QED) is 0.697. The van der Waals surface area contributed by atoms with Crippen molar-refractivity contribution in [1.29, 1.82) is 0 Å². The van der Waals surface area contributed by atoms with Crippen molar-refractivity contribution < 1.29 is 14.7 Å². The van der Waals surface area contributed by atoms with Crippen LogP contribution in [0.5, 0.6) is 0 Å². The standard InChI is InChI=1S/C9H16N2O3/c1-5-4-7(5)10-9(14)11(3)6(2)8(12)13/h5-7H,4H2,1-3H3,(H,10,14)(H,12,13). The average Bonchev–Trinajstić information content (AvgIpc) is 2.78. The van der Waals surface area contributed by atoms with Gasteiger partial charge in [0, 0.05) is 13.1 Å². The van der Waals surface area contributed by atoms with E-state index in [-0.39, 0.29) is 12.1 Å². The number of rotatable bonds is 3. The second-order valence-corrected chi connectivity index (χ2v) is 3.89. The Kier molecular flexibility index (Phi) is 2.98. The third-order valence-corrected chi connectivity index (χ3v) is 2.68. The minimum absolute atomic E-state index is 0.228. The fraction of sp³-hybridized carbons (Fsp3) is 0.778. The lowest BCUT2D eigenvalue weighted by Gasteiger charge is -2.21. The van der Waals surface area contributed by atoms with Crippen molar-refractivity contribution in [2.24, 2.45) is 5.92 Å². The number of urea groups is 1. The maximum atomic E-state index is 11.4. The van der Waals surface area contributed by atoms with Crippen molar-refractivity contribution in [2.75, 3.05) is 7.05 Å². The number of carbonyl (C=O) groups excluding carboxylic acids is 1. The Balaban J connectivity index is 2.39. The topological polar surface area (TPSA) is 69.6 Å². The number of carboxylic acid groups (broad SMARTS) is 1. The SMILES string of the molecule is CC1CC1NC(=O)N(C)C(C)C(=O)O. The number of carbonyl (C=O) groups is 2. The van der Waals surface area contributed by atoms with Gasteiger partial charge in [-0.05, 0) is 19.3 Å². The van der Waals surface area contributed by atoms with E-state index in [2.05, 4.69) is 5.32 Å². The lowest BCUT2D eigenvalue weighted by atomic mass is 10.3. The molecule has 0 spiro atoms. The van der Waals surface area contributed by atoms with Crippen molar-refractivity contribution >= 4 is 12.0 Å². The van der Waals surface area contributed by atoms with Crippen LogP contribution in [0.1, 0.15) is 20.3 Å². The highest BCUT2D eigenvalue weighted by Gasteiger charge is 2.35. The summed E-state index contributed by atoms with van der Waals surface area (Å²) in [6, 6.07) is -0.871. The van der Waals surface area contributed by atoms with Gasteiger partial charge in [0.25, 0.3) is 0 Å². The van der Waals surface area contributed by atoms with Crippen LogP contribution in [-0.4, -0.2) is 41.1 Å². The molecule has 1 aliphatic rings. The Morgan fingerprint density at radius 1 is 1.57 bits per heavy atom. The highest BCUT2D eigenvalue weighted by Crippen LogP contribution is 2.29. The molecule has 14 heavy (non-hydrogen) atoms. The van der Waals surface area contributed by atoms with Crippen LogP contribution in [0.15, 0.2) is 0 Å². The van der Waals surface area contributed by atoms with E-state index < -0.39 is 12.0 Å². The van der Waals surface area contributed by atoms with Crippen LogP contribution in [0.25, 0.3) is 0 Å². The molecule has 1 rings (SSSR count). The Hall–Kier alpha value is -1.26. The van der Waals surface area contributed by atoms with Gasteiger partial charge in [-0.25, -0.2) is 9.59 Å². The number of nitrogens with zero attached hydrogens (tertiary/aromatic N) is 1. The van der Waals surface area contributed by atoms with Gasteiger partial charge in [0.05, 0.1) is 0 Å². The van der Waals surface area contributed by atoms with Gasteiger partial charge in [-0.2, -0.15) is 0 Å². The number of nitrogens with one attached hydrogen (secondary N) is 1. The highest BCUT2D eigenvalue weighted by molar-refractivity contribution is 5.82. The summed E-state index contributed by atoms with van der Waals surface area (Å²) in [6.07, 6.45) is 0.987. The normalized spacial score (nSPS) is 26.5. The van der Waals surface area contributed by atoms with Crippen LogP contribution in [0, 0.1) is 5.92 Å². The Bertz CT molecular complexity index is 254. The first-order chi connectivity index (χ1) is 6.43. The van der Waals surface area contributed by atoms with E-state index in [0.717, 1.165) is 6.42 Å². The smallest absolute Gasteiger partial charge is 0.326 e. The lowest BCUT2D eigenvalue weighted by molar-refractivity contribution is -0.141. The summed E-state index contributed by atoms with van der Waals surface area (Å²) in [5, 5.41) is 11.4. The van der Waals surface area contributed by atoms with Gasteiger partial charge in [-0.3, -0.25) is 0 Å². The summed E-state index contributed by atoms with van der Waals surface area (Å²) in [4.78, 5) is 23.2. The number of likely N-dealkylation sites (N-methyl/N-ethyl adjacent to an activating group) is 1. The third-order valence-electron chi connectivity index (χ3n) is 2.68. The largest absolute Gasteiger partial charge is 0.480 e. The van der Waals surface area contributed by atoms with Gasteiger partial charge in [0.2, 0.25) is 0 Å².